The largest absolute Gasteiger partial charge is 0.452 e. The zero-order valence-corrected chi connectivity index (χ0v) is 11.5. The molecule has 1 aromatic heterocycles. The van der Waals surface area contributed by atoms with Gasteiger partial charge < -0.3 is 10.3 Å². The van der Waals surface area contributed by atoms with Gasteiger partial charge in [0.2, 0.25) is 5.43 Å². The summed E-state index contributed by atoms with van der Waals surface area (Å²) >= 11 is 0. The van der Waals surface area contributed by atoms with Gasteiger partial charge in [0.25, 0.3) is 0 Å². The molecular weight excluding hydrogens is 264 g/mol. The Morgan fingerprint density at radius 1 is 1.05 bits per heavy atom. The van der Waals surface area contributed by atoms with Gasteiger partial charge in [0.15, 0.2) is 5.58 Å². The Hall–Kier alpha value is -2.88. The molecule has 1 heterocycles. The molecule has 3 rings (SSSR count). The minimum Gasteiger partial charge on any atom is -0.452 e. The van der Waals surface area contributed by atoms with Crippen molar-refractivity contribution in [1.29, 1.82) is 0 Å². The minimum absolute atomic E-state index is 0.200. The van der Waals surface area contributed by atoms with Crippen LogP contribution in [0.5, 0.6) is 0 Å². The van der Waals surface area contributed by atoms with E-state index in [1.54, 1.807) is 24.3 Å². The lowest BCUT2D eigenvalue weighted by molar-refractivity contribution is 0.615. The average Bonchev–Trinajstić information content (AvgIpc) is 2.69. The molecule has 0 atom stereocenters. The third-order valence-electron chi connectivity index (χ3n) is 3.32. The van der Waals surface area contributed by atoms with Crippen LogP contribution in [0.4, 0.5) is 0 Å². The molecule has 104 valence electrons. The zero-order chi connectivity index (χ0) is 14.8. The fourth-order valence-electron chi connectivity index (χ4n) is 2.19. The van der Waals surface area contributed by atoms with Gasteiger partial charge in [-0.05, 0) is 19.1 Å². The first-order valence-corrected chi connectivity index (χ1v) is 6.57. The molecular formula is C17H14N2O2. The second-order valence-corrected chi connectivity index (χ2v) is 4.82. The third kappa shape index (κ3) is 2.43. The highest BCUT2D eigenvalue weighted by molar-refractivity contribution is 5.77. The molecule has 0 bridgehead atoms. The second-order valence-electron chi connectivity index (χ2n) is 4.82. The number of rotatable bonds is 1. The summed E-state index contributed by atoms with van der Waals surface area (Å²) in [5.74, 6) is 6.02. The normalized spacial score (nSPS) is 11.8. The number of nitrogens with two attached hydrogens (primary N) is 1. The Kier molecular flexibility index (Phi) is 3.28. The molecule has 0 unspecified atom stereocenters. The van der Waals surface area contributed by atoms with Crippen molar-refractivity contribution in [2.45, 2.75) is 6.92 Å². The fourth-order valence-corrected chi connectivity index (χ4v) is 2.19. The maximum Gasteiger partial charge on any atom is 0.221 e. The van der Waals surface area contributed by atoms with E-state index in [2.05, 4.69) is 5.10 Å². The van der Waals surface area contributed by atoms with Gasteiger partial charge in [0.05, 0.1) is 5.36 Å². The van der Waals surface area contributed by atoms with Crippen molar-refractivity contribution in [1.82, 2.24) is 0 Å². The first kappa shape index (κ1) is 13.1. The van der Waals surface area contributed by atoms with Crippen molar-refractivity contribution in [2.24, 2.45) is 10.9 Å². The smallest absolute Gasteiger partial charge is 0.221 e. The maximum absolute atomic E-state index is 12.1. The van der Waals surface area contributed by atoms with Gasteiger partial charge in [-0.1, -0.05) is 42.0 Å². The highest BCUT2D eigenvalue weighted by Crippen LogP contribution is 2.20. The van der Waals surface area contributed by atoms with Gasteiger partial charge in [0, 0.05) is 17.0 Å². The summed E-state index contributed by atoms with van der Waals surface area (Å²) < 4.78 is 5.79. The van der Waals surface area contributed by atoms with Crippen molar-refractivity contribution in [3.63, 3.8) is 0 Å². The van der Waals surface area contributed by atoms with E-state index >= 15 is 0 Å². The topological polar surface area (TPSA) is 68.6 Å². The predicted molar refractivity (Wildman–Crippen MR) is 82.4 cm³/mol. The van der Waals surface area contributed by atoms with Gasteiger partial charge in [0.1, 0.15) is 5.76 Å². The van der Waals surface area contributed by atoms with E-state index in [0.29, 0.717) is 16.5 Å². The van der Waals surface area contributed by atoms with E-state index in [4.69, 9.17) is 10.3 Å². The monoisotopic (exact) mass is 278 g/mol. The van der Waals surface area contributed by atoms with Crippen LogP contribution in [0.1, 0.15) is 5.56 Å². The number of aryl methyl sites for hydroxylation is 1. The van der Waals surface area contributed by atoms with Crippen LogP contribution in [0, 0.1) is 6.92 Å². The van der Waals surface area contributed by atoms with Gasteiger partial charge in [-0.15, -0.1) is 0 Å². The molecule has 4 heteroatoms. The van der Waals surface area contributed by atoms with E-state index in [-0.39, 0.29) is 11.0 Å². The van der Waals surface area contributed by atoms with Crippen LogP contribution < -0.4 is 16.6 Å². The maximum atomic E-state index is 12.1. The summed E-state index contributed by atoms with van der Waals surface area (Å²) in [4.78, 5) is 12.1. The van der Waals surface area contributed by atoms with Gasteiger partial charge in [-0.3, -0.25) is 4.79 Å². The van der Waals surface area contributed by atoms with Crippen molar-refractivity contribution in [3.8, 4) is 11.3 Å². The highest BCUT2D eigenvalue weighted by atomic mass is 16.3. The number of nitrogens with zero attached hydrogens (tertiary/aromatic N) is 1. The molecule has 0 spiro atoms. The molecule has 2 aromatic carbocycles. The van der Waals surface area contributed by atoms with E-state index in [9.17, 15) is 4.79 Å². The van der Waals surface area contributed by atoms with Crippen LogP contribution in [0.15, 0.2) is 68.9 Å². The van der Waals surface area contributed by atoms with Gasteiger partial charge >= 0.3 is 0 Å². The Morgan fingerprint density at radius 3 is 2.48 bits per heavy atom. The van der Waals surface area contributed by atoms with Gasteiger partial charge in [-0.2, -0.15) is 5.10 Å². The van der Waals surface area contributed by atoms with Gasteiger partial charge in [-0.25, -0.2) is 0 Å². The Labute approximate surface area is 121 Å². The Balaban J connectivity index is 2.40. The quantitative estimate of drug-likeness (QED) is 0.549. The summed E-state index contributed by atoms with van der Waals surface area (Å²) in [6, 6.07) is 16.3. The Bertz CT molecular complexity index is 925. The molecule has 4 nitrogen and oxygen atoms in total. The molecule has 0 aliphatic rings. The van der Waals surface area contributed by atoms with E-state index in [0.717, 1.165) is 11.1 Å². The van der Waals surface area contributed by atoms with Crippen molar-refractivity contribution in [3.05, 3.63) is 75.7 Å². The summed E-state index contributed by atoms with van der Waals surface area (Å²) in [5, 5.41) is 4.90. The predicted octanol–water partition coefficient (Wildman–Crippen LogP) is 2.54. The lowest BCUT2D eigenvalue weighted by Gasteiger charge is -2.03. The standard InChI is InChI=1S/C17H14N2O2/c1-11-6-8-12(9-7-11)16-10-14(19-18)13-4-2-3-5-15(20)17(13)21-16/h2-10H,18H2,1H3/b19-14+. The molecule has 3 aromatic rings. The number of benzene rings is 1. The SMILES string of the molecule is Cc1ccc(-c2c/c(=N\N)c3ccccc(=O)c3o2)cc1. The van der Waals surface area contributed by atoms with E-state index in [1.807, 2.05) is 31.2 Å². The van der Waals surface area contributed by atoms with Crippen LogP contribution in [0.2, 0.25) is 0 Å². The van der Waals surface area contributed by atoms with Crippen LogP contribution >= 0.6 is 0 Å². The number of hydrogen-bond donors (Lipinski definition) is 1. The highest BCUT2D eigenvalue weighted by Gasteiger charge is 2.07. The summed E-state index contributed by atoms with van der Waals surface area (Å²) in [7, 11) is 0. The first-order chi connectivity index (χ1) is 10.2. The summed E-state index contributed by atoms with van der Waals surface area (Å²) in [6.45, 7) is 2.01. The van der Waals surface area contributed by atoms with Crippen molar-refractivity contribution >= 4 is 11.0 Å². The average molecular weight is 278 g/mol. The van der Waals surface area contributed by atoms with Crippen LogP contribution in [-0.4, -0.2) is 0 Å². The van der Waals surface area contributed by atoms with E-state index < -0.39 is 0 Å². The molecule has 0 saturated carbocycles. The molecule has 0 aliphatic carbocycles. The molecule has 0 fully saturated rings. The van der Waals surface area contributed by atoms with Crippen LogP contribution in [0.25, 0.3) is 22.3 Å². The second kappa shape index (κ2) is 5.25. The zero-order valence-electron chi connectivity index (χ0n) is 11.5. The Morgan fingerprint density at radius 2 is 1.76 bits per heavy atom. The first-order valence-electron chi connectivity index (χ1n) is 6.57. The molecule has 2 N–H and O–H groups in total. The number of fused-ring (bicyclic) bond motifs is 1. The summed E-state index contributed by atoms with van der Waals surface area (Å²) in [5.41, 5.74) is 2.08. The lowest BCUT2D eigenvalue weighted by atomic mass is 10.1. The van der Waals surface area contributed by atoms with Crippen LogP contribution in [-0.2, 0) is 0 Å². The summed E-state index contributed by atoms with van der Waals surface area (Å²) in [6.07, 6.45) is 0. The third-order valence-corrected chi connectivity index (χ3v) is 3.32. The lowest BCUT2D eigenvalue weighted by Crippen LogP contribution is -2.09. The fraction of sp³-hybridized carbons (Fsp3) is 0.0588. The molecule has 0 radical (unpaired) electrons. The van der Waals surface area contributed by atoms with Crippen molar-refractivity contribution in [2.75, 3.05) is 0 Å². The molecule has 0 saturated heterocycles. The van der Waals surface area contributed by atoms with Crippen LogP contribution in [0.3, 0.4) is 0 Å². The van der Waals surface area contributed by atoms with E-state index in [1.165, 1.54) is 6.07 Å². The molecule has 21 heavy (non-hydrogen) atoms. The van der Waals surface area contributed by atoms with Crippen molar-refractivity contribution < 1.29 is 4.42 Å². The minimum atomic E-state index is -0.200. The molecule has 0 amide bonds. The molecule has 0 aliphatic heterocycles. The number of hydrogen-bond acceptors (Lipinski definition) is 4.